The fourth-order valence-corrected chi connectivity index (χ4v) is 4.52. The van der Waals surface area contributed by atoms with Gasteiger partial charge < -0.3 is 24.4 Å². The highest BCUT2D eigenvalue weighted by atomic mass is 16.5. The summed E-state index contributed by atoms with van der Waals surface area (Å²) < 4.78 is 16.3. The van der Waals surface area contributed by atoms with E-state index < -0.39 is 23.8 Å². The molecule has 2 fully saturated rings. The molecule has 10 heteroatoms. The van der Waals surface area contributed by atoms with Crippen LogP contribution in [0.15, 0.2) is 42.5 Å². The number of hydrogen-bond acceptors (Lipinski definition) is 7. The average Bonchev–Trinajstić information content (AvgIpc) is 3.49. The van der Waals surface area contributed by atoms with Crippen LogP contribution >= 0.6 is 0 Å². The van der Waals surface area contributed by atoms with E-state index in [2.05, 4.69) is 5.32 Å². The predicted molar refractivity (Wildman–Crippen MR) is 131 cm³/mol. The summed E-state index contributed by atoms with van der Waals surface area (Å²) in [5, 5.41) is 2.65. The molecule has 0 aromatic heterocycles. The minimum Gasteiger partial charge on any atom is -0.493 e. The normalized spacial score (nSPS) is 19.4. The largest absolute Gasteiger partial charge is 0.493 e. The van der Waals surface area contributed by atoms with Crippen molar-refractivity contribution in [3.8, 4) is 11.5 Å². The molecule has 2 unspecified atom stereocenters. The van der Waals surface area contributed by atoms with Gasteiger partial charge in [0.25, 0.3) is 11.8 Å². The first-order valence-electron chi connectivity index (χ1n) is 11.7. The highest BCUT2D eigenvalue weighted by Crippen LogP contribution is 2.31. The van der Waals surface area contributed by atoms with Crippen LogP contribution in [0.5, 0.6) is 11.5 Å². The summed E-state index contributed by atoms with van der Waals surface area (Å²) >= 11 is 0. The molecule has 190 valence electrons. The second-order valence-electron chi connectivity index (χ2n) is 8.68. The van der Waals surface area contributed by atoms with Crippen molar-refractivity contribution >= 4 is 35.0 Å². The Balaban J connectivity index is 1.62. The molecule has 0 radical (unpaired) electrons. The van der Waals surface area contributed by atoms with E-state index in [9.17, 15) is 19.2 Å². The zero-order valence-electron chi connectivity index (χ0n) is 20.5. The summed E-state index contributed by atoms with van der Waals surface area (Å²) in [6, 6.07) is 10.2. The molecule has 0 bridgehead atoms. The van der Waals surface area contributed by atoms with Crippen LogP contribution in [0.3, 0.4) is 0 Å². The van der Waals surface area contributed by atoms with Crippen molar-refractivity contribution in [2.75, 3.05) is 37.6 Å². The second-order valence-corrected chi connectivity index (χ2v) is 8.68. The topological polar surface area (TPSA) is 114 Å². The number of nitrogens with one attached hydrogen (secondary N) is 1. The van der Waals surface area contributed by atoms with Crippen LogP contribution in [0.4, 0.5) is 11.4 Å². The van der Waals surface area contributed by atoms with E-state index >= 15 is 0 Å². The SMILES string of the molecule is COc1ccc(C(=O)N(CC2CCCO2)C2CC(=O)N(c3ccc(NC(C)=O)cc3)C2=O)cc1OC. The van der Waals surface area contributed by atoms with E-state index in [0.29, 0.717) is 35.0 Å². The van der Waals surface area contributed by atoms with Gasteiger partial charge in [-0.1, -0.05) is 0 Å². The van der Waals surface area contributed by atoms with Gasteiger partial charge in [-0.15, -0.1) is 0 Å². The first-order valence-corrected chi connectivity index (χ1v) is 11.7. The van der Waals surface area contributed by atoms with Gasteiger partial charge in [0.1, 0.15) is 6.04 Å². The van der Waals surface area contributed by atoms with Gasteiger partial charge in [0.2, 0.25) is 11.8 Å². The molecular weight excluding hydrogens is 466 g/mol. The molecular formula is C26H29N3O7. The number of ether oxygens (including phenoxy) is 3. The smallest absolute Gasteiger partial charge is 0.257 e. The van der Waals surface area contributed by atoms with Crippen LogP contribution in [0.1, 0.15) is 36.5 Å². The van der Waals surface area contributed by atoms with E-state index in [0.717, 1.165) is 17.7 Å². The number of imide groups is 1. The van der Waals surface area contributed by atoms with Crippen LogP contribution in [-0.4, -0.2) is 68.0 Å². The lowest BCUT2D eigenvalue weighted by molar-refractivity contribution is -0.123. The third-order valence-electron chi connectivity index (χ3n) is 6.26. The van der Waals surface area contributed by atoms with Gasteiger partial charge in [0.05, 0.1) is 32.4 Å². The van der Waals surface area contributed by atoms with Gasteiger partial charge in [-0.2, -0.15) is 0 Å². The third-order valence-corrected chi connectivity index (χ3v) is 6.26. The van der Waals surface area contributed by atoms with Crippen molar-refractivity contribution in [3.05, 3.63) is 48.0 Å². The molecule has 36 heavy (non-hydrogen) atoms. The van der Waals surface area contributed by atoms with Crippen molar-refractivity contribution in [1.82, 2.24) is 4.90 Å². The maximum Gasteiger partial charge on any atom is 0.257 e. The van der Waals surface area contributed by atoms with E-state index in [1.807, 2.05) is 0 Å². The highest BCUT2D eigenvalue weighted by Gasteiger charge is 2.45. The molecule has 2 saturated heterocycles. The van der Waals surface area contributed by atoms with E-state index in [1.54, 1.807) is 42.5 Å². The maximum atomic E-state index is 13.7. The van der Waals surface area contributed by atoms with Gasteiger partial charge in [0.15, 0.2) is 11.5 Å². The molecule has 0 saturated carbocycles. The lowest BCUT2D eigenvalue weighted by atomic mass is 10.1. The summed E-state index contributed by atoms with van der Waals surface area (Å²) in [6.45, 7) is 2.17. The van der Waals surface area contributed by atoms with Crippen LogP contribution in [0.25, 0.3) is 0 Å². The number of nitrogens with zero attached hydrogens (tertiary/aromatic N) is 2. The predicted octanol–water partition coefficient (Wildman–Crippen LogP) is 2.62. The number of carbonyl (C=O) groups is 4. The Labute approximate surface area is 209 Å². The van der Waals surface area contributed by atoms with Gasteiger partial charge in [-0.3, -0.25) is 19.2 Å². The molecule has 2 aliphatic rings. The van der Waals surface area contributed by atoms with Crippen LogP contribution in [0.2, 0.25) is 0 Å². The minimum atomic E-state index is -0.975. The summed E-state index contributed by atoms with van der Waals surface area (Å²) in [5.74, 6) is -0.667. The summed E-state index contributed by atoms with van der Waals surface area (Å²) in [4.78, 5) is 54.0. The van der Waals surface area contributed by atoms with Gasteiger partial charge in [0, 0.05) is 31.3 Å². The molecule has 10 nitrogen and oxygen atoms in total. The maximum absolute atomic E-state index is 13.7. The van der Waals surface area contributed by atoms with E-state index in [1.165, 1.54) is 26.0 Å². The van der Waals surface area contributed by atoms with Gasteiger partial charge in [-0.05, 0) is 55.3 Å². The third kappa shape index (κ3) is 5.18. The van der Waals surface area contributed by atoms with E-state index in [4.69, 9.17) is 14.2 Å². The van der Waals surface area contributed by atoms with Crippen molar-refractivity contribution in [3.63, 3.8) is 0 Å². The lowest BCUT2D eigenvalue weighted by Crippen LogP contribution is -2.48. The molecule has 1 N–H and O–H groups in total. The highest BCUT2D eigenvalue weighted by molar-refractivity contribution is 6.23. The Morgan fingerprint density at radius 3 is 2.42 bits per heavy atom. The summed E-state index contributed by atoms with van der Waals surface area (Å²) in [6.07, 6.45) is 1.27. The zero-order chi connectivity index (χ0) is 25.8. The lowest BCUT2D eigenvalue weighted by Gasteiger charge is -2.30. The first-order chi connectivity index (χ1) is 17.3. The number of hydrogen-bond donors (Lipinski definition) is 1. The summed E-state index contributed by atoms with van der Waals surface area (Å²) in [5.41, 5.74) is 1.23. The van der Waals surface area contributed by atoms with Gasteiger partial charge in [-0.25, -0.2) is 4.90 Å². The number of carbonyl (C=O) groups excluding carboxylic acids is 4. The number of rotatable bonds is 8. The van der Waals surface area contributed by atoms with Gasteiger partial charge >= 0.3 is 0 Å². The molecule has 0 aliphatic carbocycles. The molecule has 4 rings (SSSR count). The Morgan fingerprint density at radius 2 is 1.81 bits per heavy atom. The standard InChI is InChI=1S/C26H29N3O7/c1-16(30)27-18-7-9-19(10-8-18)29-24(31)14-21(26(29)33)28(15-20-5-4-12-36-20)25(32)17-6-11-22(34-2)23(13-17)35-3/h6-11,13,20-21H,4-5,12,14-15H2,1-3H3,(H,27,30). The van der Waals surface area contributed by atoms with Crippen LogP contribution in [-0.2, 0) is 19.1 Å². The second kappa shape index (κ2) is 10.8. The molecule has 2 aromatic rings. The monoisotopic (exact) mass is 495 g/mol. The van der Waals surface area contributed by atoms with Crippen LogP contribution < -0.4 is 19.7 Å². The Bertz CT molecular complexity index is 1160. The molecule has 2 aliphatic heterocycles. The number of anilines is 2. The molecule has 2 aromatic carbocycles. The Hall–Kier alpha value is -3.92. The Morgan fingerprint density at radius 1 is 1.08 bits per heavy atom. The number of benzene rings is 2. The summed E-state index contributed by atoms with van der Waals surface area (Å²) in [7, 11) is 2.98. The Kier molecular flexibility index (Phi) is 7.54. The van der Waals surface area contributed by atoms with Crippen molar-refractivity contribution < 1.29 is 33.4 Å². The number of methoxy groups -OCH3 is 2. The molecule has 4 amide bonds. The quantitative estimate of drug-likeness (QED) is 0.560. The fourth-order valence-electron chi connectivity index (χ4n) is 4.52. The molecule has 0 spiro atoms. The molecule has 2 heterocycles. The van der Waals surface area contributed by atoms with Crippen molar-refractivity contribution in [1.29, 1.82) is 0 Å². The van der Waals surface area contributed by atoms with Crippen molar-refractivity contribution in [2.45, 2.75) is 38.3 Å². The van der Waals surface area contributed by atoms with E-state index in [-0.39, 0.29) is 25.0 Å². The fraction of sp³-hybridized carbons (Fsp3) is 0.385. The molecule has 2 atom stereocenters. The van der Waals surface area contributed by atoms with Crippen LogP contribution in [0, 0.1) is 0 Å². The average molecular weight is 496 g/mol. The van der Waals surface area contributed by atoms with Crippen molar-refractivity contribution in [2.24, 2.45) is 0 Å². The zero-order valence-corrected chi connectivity index (χ0v) is 20.5. The minimum absolute atomic E-state index is 0.141. The number of amides is 4. The first kappa shape index (κ1) is 25.2.